The lowest BCUT2D eigenvalue weighted by Crippen LogP contribution is -2.35. The van der Waals surface area contributed by atoms with Crippen molar-refractivity contribution in [2.45, 2.75) is 63.5 Å². The van der Waals surface area contributed by atoms with Crippen molar-refractivity contribution < 1.29 is 14.3 Å². The number of benzene rings is 1. The Balaban J connectivity index is 1.41. The van der Waals surface area contributed by atoms with Crippen LogP contribution in [0.3, 0.4) is 0 Å². The van der Waals surface area contributed by atoms with Crippen LogP contribution in [0.1, 0.15) is 62.2 Å². The van der Waals surface area contributed by atoms with E-state index in [9.17, 15) is 9.59 Å². The Labute approximate surface area is 143 Å². The van der Waals surface area contributed by atoms with Crippen molar-refractivity contribution in [2.75, 3.05) is 6.54 Å². The van der Waals surface area contributed by atoms with Crippen molar-refractivity contribution in [3.05, 3.63) is 35.4 Å². The van der Waals surface area contributed by atoms with Crippen LogP contribution in [0.25, 0.3) is 0 Å². The van der Waals surface area contributed by atoms with Crippen LogP contribution in [0.15, 0.2) is 24.3 Å². The number of hydrogen-bond donors (Lipinski definition) is 0. The average molecular weight is 327 g/mol. The molecule has 24 heavy (non-hydrogen) atoms. The molecule has 0 spiro atoms. The third-order valence-corrected chi connectivity index (χ3v) is 5.83. The molecule has 1 aliphatic heterocycles. The van der Waals surface area contributed by atoms with E-state index in [1.165, 1.54) is 18.4 Å². The number of aryl methyl sites for hydroxylation is 1. The maximum atomic E-state index is 12.6. The summed E-state index contributed by atoms with van der Waals surface area (Å²) in [6.07, 6.45) is 7.74. The number of esters is 1. The third-order valence-electron chi connectivity index (χ3n) is 5.83. The molecule has 3 aliphatic rings. The topological polar surface area (TPSA) is 46.6 Å². The Hall–Kier alpha value is -1.84. The molecule has 2 fully saturated rings. The molecule has 128 valence electrons. The monoisotopic (exact) mass is 327 g/mol. The normalized spacial score (nSPS) is 27.3. The Morgan fingerprint density at radius 2 is 1.88 bits per heavy atom. The van der Waals surface area contributed by atoms with Crippen LogP contribution in [0.5, 0.6) is 0 Å². The summed E-state index contributed by atoms with van der Waals surface area (Å²) in [7, 11) is 0. The second-order valence-corrected chi connectivity index (χ2v) is 7.40. The number of fused-ring (bicyclic) bond motifs is 1. The highest BCUT2D eigenvalue weighted by molar-refractivity contribution is 5.87. The van der Waals surface area contributed by atoms with Crippen LogP contribution >= 0.6 is 0 Å². The lowest BCUT2D eigenvalue weighted by atomic mass is 9.89. The third kappa shape index (κ3) is 2.94. The molecule has 0 aromatic heterocycles. The van der Waals surface area contributed by atoms with E-state index in [0.29, 0.717) is 19.0 Å². The molecule has 2 atom stereocenters. The number of carbonyl (C=O) groups excluding carboxylic acids is 2. The van der Waals surface area contributed by atoms with Gasteiger partial charge in [-0.2, -0.15) is 0 Å². The fourth-order valence-electron chi connectivity index (χ4n) is 4.53. The summed E-state index contributed by atoms with van der Waals surface area (Å²) in [6, 6.07) is 8.59. The van der Waals surface area contributed by atoms with Gasteiger partial charge in [0.2, 0.25) is 5.91 Å². The van der Waals surface area contributed by atoms with E-state index >= 15 is 0 Å². The molecule has 1 amide bonds. The number of ether oxygens (including phenoxy) is 1. The first-order valence-corrected chi connectivity index (χ1v) is 9.30. The number of carbonyl (C=O) groups is 2. The van der Waals surface area contributed by atoms with E-state index in [-0.39, 0.29) is 23.9 Å². The SMILES string of the molecule is O=C(O[C@@H]1CCCc2ccccc21)[C@@H]1CC(=O)N(C2CCCC2)C1. The van der Waals surface area contributed by atoms with Crippen molar-refractivity contribution >= 4 is 11.9 Å². The molecule has 0 radical (unpaired) electrons. The molecule has 2 aliphatic carbocycles. The fourth-order valence-corrected chi connectivity index (χ4v) is 4.53. The molecule has 0 bridgehead atoms. The van der Waals surface area contributed by atoms with Crippen LogP contribution in [-0.4, -0.2) is 29.4 Å². The van der Waals surface area contributed by atoms with Crippen LogP contribution in [0.4, 0.5) is 0 Å². The van der Waals surface area contributed by atoms with Crippen molar-refractivity contribution in [1.29, 1.82) is 0 Å². The van der Waals surface area contributed by atoms with E-state index in [1.807, 2.05) is 17.0 Å². The minimum Gasteiger partial charge on any atom is -0.457 e. The number of likely N-dealkylation sites (tertiary alicyclic amines) is 1. The van der Waals surface area contributed by atoms with E-state index in [0.717, 1.165) is 37.7 Å². The Morgan fingerprint density at radius 1 is 1.08 bits per heavy atom. The van der Waals surface area contributed by atoms with Gasteiger partial charge in [0.05, 0.1) is 5.92 Å². The van der Waals surface area contributed by atoms with Gasteiger partial charge in [-0.1, -0.05) is 37.1 Å². The molecule has 1 aromatic carbocycles. The van der Waals surface area contributed by atoms with Gasteiger partial charge in [-0.3, -0.25) is 9.59 Å². The molecule has 1 saturated heterocycles. The van der Waals surface area contributed by atoms with Crippen LogP contribution in [0.2, 0.25) is 0 Å². The molecule has 0 N–H and O–H groups in total. The van der Waals surface area contributed by atoms with Gasteiger partial charge >= 0.3 is 5.97 Å². The fraction of sp³-hybridized carbons (Fsp3) is 0.600. The maximum Gasteiger partial charge on any atom is 0.311 e. The minimum absolute atomic E-state index is 0.132. The van der Waals surface area contributed by atoms with Gasteiger partial charge in [-0.25, -0.2) is 0 Å². The van der Waals surface area contributed by atoms with Crippen molar-refractivity contribution in [3.8, 4) is 0 Å². The van der Waals surface area contributed by atoms with Crippen LogP contribution in [0, 0.1) is 5.92 Å². The number of hydrogen-bond acceptors (Lipinski definition) is 3. The number of amides is 1. The number of nitrogens with zero attached hydrogens (tertiary/aromatic N) is 1. The first-order chi connectivity index (χ1) is 11.7. The van der Waals surface area contributed by atoms with Gasteiger partial charge < -0.3 is 9.64 Å². The molecular weight excluding hydrogens is 302 g/mol. The second-order valence-electron chi connectivity index (χ2n) is 7.40. The molecule has 1 saturated carbocycles. The van der Waals surface area contributed by atoms with Crippen molar-refractivity contribution in [1.82, 2.24) is 4.90 Å². The maximum absolute atomic E-state index is 12.6. The van der Waals surface area contributed by atoms with Gasteiger partial charge in [-0.15, -0.1) is 0 Å². The zero-order valence-electron chi connectivity index (χ0n) is 14.1. The minimum atomic E-state index is -0.285. The Morgan fingerprint density at radius 3 is 2.71 bits per heavy atom. The summed E-state index contributed by atoms with van der Waals surface area (Å²) in [5.41, 5.74) is 2.44. The Kier molecular flexibility index (Phi) is 4.30. The first-order valence-electron chi connectivity index (χ1n) is 9.30. The molecule has 4 heteroatoms. The molecule has 0 unspecified atom stereocenters. The molecule has 4 rings (SSSR count). The summed E-state index contributed by atoms with van der Waals surface area (Å²) in [5, 5.41) is 0. The predicted octanol–water partition coefficient (Wildman–Crippen LogP) is 3.40. The largest absolute Gasteiger partial charge is 0.457 e. The highest BCUT2D eigenvalue weighted by atomic mass is 16.5. The van der Waals surface area contributed by atoms with E-state index in [4.69, 9.17) is 4.74 Å². The molecule has 1 heterocycles. The first kappa shape index (κ1) is 15.7. The van der Waals surface area contributed by atoms with Crippen LogP contribution in [-0.2, 0) is 20.7 Å². The van der Waals surface area contributed by atoms with Gasteiger partial charge in [-0.05, 0) is 43.2 Å². The van der Waals surface area contributed by atoms with Gasteiger partial charge in [0.1, 0.15) is 6.10 Å². The zero-order chi connectivity index (χ0) is 16.5. The lowest BCUT2D eigenvalue weighted by Gasteiger charge is -2.27. The summed E-state index contributed by atoms with van der Waals surface area (Å²) in [6.45, 7) is 0.552. The van der Waals surface area contributed by atoms with Gasteiger partial charge in [0.15, 0.2) is 0 Å². The smallest absolute Gasteiger partial charge is 0.311 e. The van der Waals surface area contributed by atoms with E-state index < -0.39 is 0 Å². The highest BCUT2D eigenvalue weighted by Gasteiger charge is 2.40. The molecule has 4 nitrogen and oxygen atoms in total. The summed E-state index contributed by atoms with van der Waals surface area (Å²) < 4.78 is 5.84. The number of rotatable bonds is 3. The second kappa shape index (κ2) is 6.58. The van der Waals surface area contributed by atoms with Gasteiger partial charge in [0, 0.05) is 19.0 Å². The van der Waals surface area contributed by atoms with Crippen molar-refractivity contribution in [2.24, 2.45) is 5.92 Å². The molecule has 1 aromatic rings. The zero-order valence-corrected chi connectivity index (χ0v) is 14.1. The lowest BCUT2D eigenvalue weighted by molar-refractivity contribution is -0.155. The highest BCUT2D eigenvalue weighted by Crippen LogP contribution is 2.35. The summed E-state index contributed by atoms with van der Waals surface area (Å²) in [4.78, 5) is 26.9. The van der Waals surface area contributed by atoms with Crippen LogP contribution < -0.4 is 0 Å². The quantitative estimate of drug-likeness (QED) is 0.799. The summed E-state index contributed by atoms with van der Waals surface area (Å²) in [5.74, 6) is -0.342. The van der Waals surface area contributed by atoms with E-state index in [2.05, 4.69) is 12.1 Å². The van der Waals surface area contributed by atoms with E-state index in [1.54, 1.807) is 0 Å². The Bertz CT molecular complexity index is 636. The van der Waals surface area contributed by atoms with Crippen molar-refractivity contribution in [3.63, 3.8) is 0 Å². The predicted molar refractivity (Wildman–Crippen MR) is 90.3 cm³/mol. The average Bonchev–Trinajstić information content (AvgIpc) is 3.24. The standard InChI is InChI=1S/C20H25NO3/c22-19-12-15(13-21(19)16-8-2-3-9-16)20(23)24-18-11-5-7-14-6-1-4-10-17(14)18/h1,4,6,10,15-16,18H,2-3,5,7-9,11-13H2/t15-,18-/m1/s1. The van der Waals surface area contributed by atoms with Gasteiger partial charge in [0.25, 0.3) is 0 Å². The molecular formula is C20H25NO3. The summed E-state index contributed by atoms with van der Waals surface area (Å²) >= 11 is 0.